The van der Waals surface area contributed by atoms with Gasteiger partial charge in [-0.2, -0.15) is 0 Å². The molecule has 2 aromatic heterocycles. The molecule has 0 spiro atoms. The average Bonchev–Trinajstić information content (AvgIpc) is 2.68. The number of aromatic nitrogens is 3. The van der Waals surface area contributed by atoms with Crippen LogP contribution in [0.1, 0.15) is 24.2 Å². The van der Waals surface area contributed by atoms with Crippen molar-refractivity contribution < 1.29 is 4.79 Å². The Morgan fingerprint density at radius 3 is 2.71 bits per heavy atom. The zero-order chi connectivity index (χ0) is 19.7. The first kappa shape index (κ1) is 18.1. The number of hydrogen-bond acceptors (Lipinski definition) is 6. The molecule has 0 radical (unpaired) electrons. The zero-order valence-electron chi connectivity index (χ0n) is 15.5. The molecular formula is C21H18ClN5O. The van der Waals surface area contributed by atoms with Crippen LogP contribution in [0, 0.1) is 0 Å². The third-order valence-electron chi connectivity index (χ3n) is 4.36. The Morgan fingerprint density at radius 2 is 1.96 bits per heavy atom. The first-order valence-corrected chi connectivity index (χ1v) is 9.31. The predicted molar refractivity (Wildman–Crippen MR) is 114 cm³/mol. The number of nitrogens with one attached hydrogen (secondary N) is 2. The van der Waals surface area contributed by atoms with E-state index in [4.69, 9.17) is 16.6 Å². The summed E-state index contributed by atoms with van der Waals surface area (Å²) in [4.78, 5) is 25.6. The van der Waals surface area contributed by atoms with Gasteiger partial charge in [0.1, 0.15) is 5.52 Å². The lowest BCUT2D eigenvalue weighted by atomic mass is 10.1. The summed E-state index contributed by atoms with van der Waals surface area (Å²) in [7, 11) is 0. The van der Waals surface area contributed by atoms with Crippen molar-refractivity contribution in [2.24, 2.45) is 0 Å². The third kappa shape index (κ3) is 3.46. The summed E-state index contributed by atoms with van der Waals surface area (Å²) >= 11 is 6.11. The molecule has 4 rings (SSSR count). The average molecular weight is 392 g/mol. The molecule has 0 saturated heterocycles. The second kappa shape index (κ2) is 7.40. The molecule has 6 nitrogen and oxygen atoms in total. The second-order valence-electron chi connectivity index (χ2n) is 6.37. The Labute approximate surface area is 167 Å². The van der Waals surface area contributed by atoms with Crippen molar-refractivity contribution in [1.82, 2.24) is 15.0 Å². The summed E-state index contributed by atoms with van der Waals surface area (Å²) in [5.74, 6) is 1.10. The van der Waals surface area contributed by atoms with E-state index in [9.17, 15) is 4.79 Å². The Bertz CT molecular complexity index is 1210. The van der Waals surface area contributed by atoms with Gasteiger partial charge in [0.25, 0.3) is 0 Å². The lowest BCUT2D eigenvalue weighted by Crippen LogP contribution is -2.04. The van der Waals surface area contributed by atoms with Gasteiger partial charge in [-0.25, -0.2) is 15.0 Å². The van der Waals surface area contributed by atoms with Gasteiger partial charge in [0.15, 0.2) is 11.6 Å². The highest BCUT2D eigenvalue weighted by Crippen LogP contribution is 2.31. The molecule has 2 N–H and O–H groups in total. The number of carbonyl (C=O) groups excluding carboxylic acids is 1. The van der Waals surface area contributed by atoms with Crippen LogP contribution in [-0.2, 0) is 0 Å². The van der Waals surface area contributed by atoms with Gasteiger partial charge in [0.2, 0.25) is 5.95 Å². The minimum atomic E-state index is -0.00751. The third-order valence-corrected chi connectivity index (χ3v) is 4.60. The predicted octanol–water partition coefficient (Wildman–Crippen LogP) is 5.21. The monoisotopic (exact) mass is 391 g/mol. The summed E-state index contributed by atoms with van der Waals surface area (Å²) in [6.45, 7) is 4.24. The normalized spacial score (nSPS) is 11.0. The van der Waals surface area contributed by atoms with Gasteiger partial charge in [-0.1, -0.05) is 29.8 Å². The highest BCUT2D eigenvalue weighted by molar-refractivity contribution is 6.30. The number of benzene rings is 2. The molecule has 0 aliphatic heterocycles. The van der Waals surface area contributed by atoms with E-state index in [0.717, 1.165) is 16.5 Å². The van der Waals surface area contributed by atoms with E-state index in [0.29, 0.717) is 39.9 Å². The maximum Gasteiger partial charge on any atom is 0.223 e. The highest BCUT2D eigenvalue weighted by Gasteiger charge is 2.13. The molecule has 0 atom stereocenters. The van der Waals surface area contributed by atoms with E-state index >= 15 is 0 Å². The van der Waals surface area contributed by atoms with E-state index in [-0.39, 0.29) is 5.78 Å². The number of carbonyl (C=O) groups is 1. The summed E-state index contributed by atoms with van der Waals surface area (Å²) < 4.78 is 0. The molecule has 7 heteroatoms. The lowest BCUT2D eigenvalue weighted by molar-refractivity contribution is 0.101. The van der Waals surface area contributed by atoms with Gasteiger partial charge in [-0.05, 0) is 38.1 Å². The highest BCUT2D eigenvalue weighted by atomic mass is 35.5. The molecule has 0 bridgehead atoms. The fraction of sp³-hybridized carbons (Fsp3) is 0.143. The molecule has 2 heterocycles. The van der Waals surface area contributed by atoms with Crippen LogP contribution in [0.15, 0.2) is 48.7 Å². The van der Waals surface area contributed by atoms with E-state index in [1.54, 1.807) is 25.3 Å². The Balaban J connectivity index is 1.96. The van der Waals surface area contributed by atoms with Crippen LogP contribution in [0.4, 0.5) is 17.5 Å². The van der Waals surface area contributed by atoms with Crippen LogP contribution in [0.2, 0.25) is 5.02 Å². The zero-order valence-corrected chi connectivity index (χ0v) is 16.2. The number of halogens is 1. The molecule has 4 aromatic rings. The van der Waals surface area contributed by atoms with Crippen LogP contribution in [0.25, 0.3) is 21.8 Å². The summed E-state index contributed by atoms with van der Waals surface area (Å²) in [6.07, 6.45) is 1.78. The van der Waals surface area contributed by atoms with E-state index in [1.165, 1.54) is 0 Å². The van der Waals surface area contributed by atoms with Crippen molar-refractivity contribution in [2.75, 3.05) is 17.2 Å². The van der Waals surface area contributed by atoms with Gasteiger partial charge < -0.3 is 10.6 Å². The van der Waals surface area contributed by atoms with Crippen LogP contribution in [0.3, 0.4) is 0 Å². The smallest absolute Gasteiger partial charge is 0.223 e. The van der Waals surface area contributed by atoms with Gasteiger partial charge >= 0.3 is 0 Å². The SMILES string of the molecule is CCNc1ncc2c(n1)c(Nc1cccc(Cl)c1)nc1cc(C(C)=O)ccc12. The van der Waals surface area contributed by atoms with Crippen molar-refractivity contribution in [3.63, 3.8) is 0 Å². The summed E-state index contributed by atoms with van der Waals surface area (Å²) in [5, 5.41) is 8.79. The minimum Gasteiger partial charge on any atom is -0.354 e. The molecule has 140 valence electrons. The largest absolute Gasteiger partial charge is 0.354 e. The Morgan fingerprint density at radius 1 is 1.11 bits per heavy atom. The van der Waals surface area contributed by atoms with Gasteiger partial charge in [-0.15, -0.1) is 0 Å². The van der Waals surface area contributed by atoms with Crippen LogP contribution in [0.5, 0.6) is 0 Å². The first-order valence-electron chi connectivity index (χ1n) is 8.93. The van der Waals surface area contributed by atoms with Crippen molar-refractivity contribution in [3.05, 3.63) is 59.2 Å². The van der Waals surface area contributed by atoms with Crippen molar-refractivity contribution >= 4 is 56.6 Å². The molecule has 0 unspecified atom stereocenters. The topological polar surface area (TPSA) is 79.8 Å². The molecule has 28 heavy (non-hydrogen) atoms. The molecule has 0 amide bonds. The number of ketones is 1. The number of anilines is 3. The van der Waals surface area contributed by atoms with Gasteiger partial charge in [0, 0.05) is 39.8 Å². The maximum absolute atomic E-state index is 11.8. The number of hydrogen-bond donors (Lipinski definition) is 2. The quantitative estimate of drug-likeness (QED) is 0.359. The van der Waals surface area contributed by atoms with E-state index in [1.807, 2.05) is 37.3 Å². The van der Waals surface area contributed by atoms with Crippen LogP contribution in [-0.4, -0.2) is 27.3 Å². The molecule has 0 aliphatic rings. The number of nitrogens with zero attached hydrogens (tertiary/aromatic N) is 3. The fourth-order valence-corrected chi connectivity index (χ4v) is 3.23. The first-order chi connectivity index (χ1) is 13.5. The van der Waals surface area contributed by atoms with Crippen LogP contribution < -0.4 is 10.6 Å². The molecule has 2 aromatic carbocycles. The van der Waals surface area contributed by atoms with E-state index < -0.39 is 0 Å². The van der Waals surface area contributed by atoms with Crippen molar-refractivity contribution in [3.8, 4) is 0 Å². The molecule has 0 fully saturated rings. The molecule has 0 aliphatic carbocycles. The summed E-state index contributed by atoms with van der Waals surface area (Å²) in [6, 6.07) is 12.9. The second-order valence-corrected chi connectivity index (χ2v) is 6.81. The fourth-order valence-electron chi connectivity index (χ4n) is 3.04. The van der Waals surface area contributed by atoms with Crippen molar-refractivity contribution in [2.45, 2.75) is 13.8 Å². The summed E-state index contributed by atoms with van der Waals surface area (Å²) in [5.41, 5.74) is 2.80. The molecular weight excluding hydrogens is 374 g/mol. The van der Waals surface area contributed by atoms with E-state index in [2.05, 4.69) is 20.6 Å². The minimum absolute atomic E-state index is 0.00751. The van der Waals surface area contributed by atoms with Crippen molar-refractivity contribution in [1.29, 1.82) is 0 Å². The lowest BCUT2D eigenvalue weighted by Gasteiger charge is -2.13. The maximum atomic E-state index is 11.8. The Hall–Kier alpha value is -3.25. The number of pyridine rings is 1. The number of rotatable bonds is 5. The number of Topliss-reactive ketones (excluding diaryl/α,β-unsaturated/α-hetero) is 1. The Kier molecular flexibility index (Phi) is 4.79. The van der Waals surface area contributed by atoms with Gasteiger partial charge in [-0.3, -0.25) is 4.79 Å². The van der Waals surface area contributed by atoms with Crippen LogP contribution >= 0.6 is 11.6 Å². The number of fused-ring (bicyclic) bond motifs is 3. The molecule has 0 saturated carbocycles. The van der Waals surface area contributed by atoms with Gasteiger partial charge in [0.05, 0.1) is 5.52 Å². The standard InChI is InChI=1S/C21H18ClN5O/c1-3-23-21-24-11-17-16-8-7-13(12(2)28)9-18(16)26-20(19(17)27-21)25-15-6-4-5-14(22)10-15/h4-11H,3H2,1-2H3,(H,25,26)(H,23,24,27).